The summed E-state index contributed by atoms with van der Waals surface area (Å²) in [5.74, 6) is -0.224. The number of nitrogens with zero attached hydrogens (tertiary/aromatic N) is 4. The van der Waals surface area contributed by atoms with Crippen molar-refractivity contribution in [1.29, 1.82) is 0 Å². The van der Waals surface area contributed by atoms with E-state index in [0.717, 1.165) is 10.0 Å². The lowest BCUT2D eigenvalue weighted by Crippen LogP contribution is -2.51. The van der Waals surface area contributed by atoms with Gasteiger partial charge in [-0.1, -0.05) is 0 Å². The van der Waals surface area contributed by atoms with Gasteiger partial charge in [-0.3, -0.25) is 9.69 Å². The highest BCUT2D eigenvalue weighted by Gasteiger charge is 2.34. The second kappa shape index (κ2) is 8.09. The minimum absolute atomic E-state index is 0.0392. The number of carbonyl (C=O) groups excluding carboxylic acids is 1. The second-order valence-electron chi connectivity index (χ2n) is 6.02. The third-order valence-electron chi connectivity index (χ3n) is 4.07. The molecule has 6 nitrogen and oxygen atoms in total. The molecule has 0 N–H and O–H groups in total. The van der Waals surface area contributed by atoms with Crippen molar-refractivity contribution in [3.05, 3.63) is 35.7 Å². The van der Waals surface area contributed by atoms with E-state index in [4.69, 9.17) is 4.42 Å². The largest absolute Gasteiger partial charge is 0.467 e. The molecule has 1 saturated heterocycles. The molecule has 3 rings (SSSR count). The predicted molar refractivity (Wildman–Crippen MR) is 90.9 cm³/mol. The van der Waals surface area contributed by atoms with Crippen LogP contribution in [-0.4, -0.2) is 66.1 Å². The summed E-state index contributed by atoms with van der Waals surface area (Å²) in [5, 5.41) is 2.82. The van der Waals surface area contributed by atoms with Gasteiger partial charge in [-0.15, -0.1) is 11.3 Å². The first kappa shape index (κ1) is 18.7. The van der Waals surface area contributed by atoms with E-state index in [9.17, 15) is 18.0 Å². The van der Waals surface area contributed by atoms with E-state index in [0.29, 0.717) is 31.9 Å². The molecule has 1 aliphatic rings. The molecule has 0 radical (unpaired) electrons. The van der Waals surface area contributed by atoms with Gasteiger partial charge in [0, 0.05) is 37.8 Å². The molecule has 2 aromatic heterocycles. The number of thiazole rings is 1. The van der Waals surface area contributed by atoms with Gasteiger partial charge in [-0.05, 0) is 12.1 Å². The minimum atomic E-state index is -4.45. The lowest BCUT2D eigenvalue weighted by Gasteiger charge is -2.35. The van der Waals surface area contributed by atoms with Crippen molar-refractivity contribution in [3.8, 4) is 0 Å². The molecule has 1 amide bonds. The van der Waals surface area contributed by atoms with E-state index in [2.05, 4.69) is 9.88 Å². The maximum absolute atomic E-state index is 12.8. The van der Waals surface area contributed by atoms with Gasteiger partial charge in [0.2, 0.25) is 5.91 Å². The highest BCUT2D eigenvalue weighted by molar-refractivity contribution is 7.13. The molecule has 0 unspecified atom stereocenters. The molecule has 0 spiro atoms. The van der Waals surface area contributed by atoms with Crippen molar-refractivity contribution in [2.75, 3.05) is 44.2 Å². The number of amides is 1. The number of halogens is 3. The lowest BCUT2D eigenvalue weighted by molar-refractivity contribution is -0.163. The van der Waals surface area contributed by atoms with Crippen LogP contribution in [0, 0.1) is 0 Å². The van der Waals surface area contributed by atoms with Crippen molar-refractivity contribution in [3.63, 3.8) is 0 Å². The fourth-order valence-electron chi connectivity index (χ4n) is 2.80. The standard InChI is InChI=1S/C16H19F3N4O2S/c17-16(18,19)12-23(10-13-2-1-8-25-13)14(24)11-21-4-6-22(7-5-21)15-20-3-9-26-15/h1-3,8-9H,4-7,10-12H2. The third kappa shape index (κ3) is 5.21. The smallest absolute Gasteiger partial charge is 0.406 e. The van der Waals surface area contributed by atoms with Crippen LogP contribution in [0.1, 0.15) is 5.76 Å². The minimum Gasteiger partial charge on any atom is -0.467 e. The quantitative estimate of drug-likeness (QED) is 0.761. The summed E-state index contributed by atoms with van der Waals surface area (Å²) < 4.78 is 43.6. The van der Waals surface area contributed by atoms with Crippen molar-refractivity contribution >= 4 is 22.4 Å². The average Bonchev–Trinajstić information content (AvgIpc) is 3.27. The summed E-state index contributed by atoms with van der Waals surface area (Å²) in [6.07, 6.45) is -1.34. The molecule has 1 aliphatic heterocycles. The van der Waals surface area contributed by atoms with Crippen LogP contribution >= 0.6 is 11.3 Å². The topological polar surface area (TPSA) is 52.8 Å². The maximum Gasteiger partial charge on any atom is 0.406 e. The zero-order valence-electron chi connectivity index (χ0n) is 14.0. The number of piperazine rings is 1. The van der Waals surface area contributed by atoms with Crippen molar-refractivity contribution < 1.29 is 22.4 Å². The first-order valence-electron chi connectivity index (χ1n) is 8.14. The Hall–Kier alpha value is -2.07. The zero-order chi connectivity index (χ0) is 18.6. The Morgan fingerprint density at radius 1 is 1.31 bits per heavy atom. The highest BCUT2D eigenvalue weighted by Crippen LogP contribution is 2.20. The van der Waals surface area contributed by atoms with Crippen LogP contribution in [0.15, 0.2) is 34.4 Å². The second-order valence-corrected chi connectivity index (χ2v) is 6.90. The maximum atomic E-state index is 12.8. The Bertz CT molecular complexity index is 683. The van der Waals surface area contributed by atoms with Crippen molar-refractivity contribution in [2.24, 2.45) is 0 Å². The molecule has 0 bridgehead atoms. The number of alkyl halides is 3. The Kier molecular flexibility index (Phi) is 5.82. The number of rotatable bonds is 6. The molecule has 1 fully saturated rings. The van der Waals surface area contributed by atoms with Crippen LogP contribution in [-0.2, 0) is 11.3 Å². The predicted octanol–water partition coefficient (Wildman–Crippen LogP) is 2.45. The van der Waals surface area contributed by atoms with Gasteiger partial charge in [0.1, 0.15) is 12.3 Å². The van der Waals surface area contributed by atoms with Gasteiger partial charge in [-0.25, -0.2) is 4.98 Å². The van der Waals surface area contributed by atoms with Gasteiger partial charge in [-0.2, -0.15) is 13.2 Å². The lowest BCUT2D eigenvalue weighted by atomic mass is 10.3. The number of carbonyl (C=O) groups is 1. The molecule has 0 saturated carbocycles. The molecule has 2 aromatic rings. The molecule has 0 atom stereocenters. The monoisotopic (exact) mass is 388 g/mol. The number of furan rings is 1. The summed E-state index contributed by atoms with van der Waals surface area (Å²) in [6.45, 7) is 1.08. The van der Waals surface area contributed by atoms with Gasteiger partial charge < -0.3 is 14.2 Å². The van der Waals surface area contributed by atoms with Crippen LogP contribution in [0.25, 0.3) is 0 Å². The molecular weight excluding hydrogens is 369 g/mol. The number of anilines is 1. The summed E-state index contributed by atoms with van der Waals surface area (Å²) in [4.78, 5) is 21.5. The fraction of sp³-hybridized carbons (Fsp3) is 0.500. The normalized spacial score (nSPS) is 16.0. The Balaban J connectivity index is 1.55. The van der Waals surface area contributed by atoms with E-state index in [1.54, 1.807) is 29.7 Å². The number of aromatic nitrogens is 1. The van der Waals surface area contributed by atoms with Crippen molar-refractivity contribution in [2.45, 2.75) is 12.7 Å². The molecule has 3 heterocycles. The highest BCUT2D eigenvalue weighted by atomic mass is 32.1. The van der Waals surface area contributed by atoms with E-state index < -0.39 is 18.6 Å². The van der Waals surface area contributed by atoms with Crippen LogP contribution in [0.3, 0.4) is 0 Å². The molecule has 26 heavy (non-hydrogen) atoms. The van der Waals surface area contributed by atoms with Gasteiger partial charge >= 0.3 is 6.18 Å². The van der Waals surface area contributed by atoms with Crippen LogP contribution in [0.4, 0.5) is 18.3 Å². The van der Waals surface area contributed by atoms with E-state index in [-0.39, 0.29) is 13.1 Å². The molecule has 142 valence electrons. The van der Waals surface area contributed by atoms with Crippen LogP contribution < -0.4 is 4.90 Å². The Morgan fingerprint density at radius 2 is 2.08 bits per heavy atom. The first-order chi connectivity index (χ1) is 12.4. The summed E-state index contributed by atoms with van der Waals surface area (Å²) in [6, 6.07) is 3.15. The average molecular weight is 388 g/mol. The van der Waals surface area contributed by atoms with Crippen molar-refractivity contribution in [1.82, 2.24) is 14.8 Å². The Morgan fingerprint density at radius 3 is 2.65 bits per heavy atom. The number of hydrogen-bond acceptors (Lipinski definition) is 6. The first-order valence-corrected chi connectivity index (χ1v) is 9.02. The fourth-order valence-corrected chi connectivity index (χ4v) is 3.50. The molecule has 10 heteroatoms. The van der Waals surface area contributed by atoms with Crippen LogP contribution in [0.2, 0.25) is 0 Å². The summed E-state index contributed by atoms with van der Waals surface area (Å²) >= 11 is 1.54. The van der Waals surface area contributed by atoms with Gasteiger partial charge in [0.25, 0.3) is 0 Å². The van der Waals surface area contributed by atoms with E-state index >= 15 is 0 Å². The number of hydrogen-bond donors (Lipinski definition) is 0. The summed E-state index contributed by atoms with van der Waals surface area (Å²) in [7, 11) is 0. The molecule has 0 aromatic carbocycles. The molecule has 0 aliphatic carbocycles. The van der Waals surface area contributed by atoms with Gasteiger partial charge in [0.05, 0.1) is 19.4 Å². The van der Waals surface area contributed by atoms with E-state index in [1.165, 1.54) is 6.26 Å². The summed E-state index contributed by atoms with van der Waals surface area (Å²) in [5.41, 5.74) is 0. The van der Waals surface area contributed by atoms with Crippen LogP contribution in [0.5, 0.6) is 0 Å². The Labute approximate surface area is 152 Å². The SMILES string of the molecule is O=C(CN1CCN(c2nccs2)CC1)N(Cc1ccco1)CC(F)(F)F. The zero-order valence-corrected chi connectivity index (χ0v) is 14.8. The van der Waals surface area contributed by atoms with E-state index in [1.807, 2.05) is 10.3 Å². The third-order valence-corrected chi connectivity index (χ3v) is 4.90. The molecular formula is C16H19F3N4O2S. The van der Waals surface area contributed by atoms with Gasteiger partial charge in [0.15, 0.2) is 5.13 Å².